The first-order valence-corrected chi connectivity index (χ1v) is 9.20. The molecule has 0 atom stereocenters. The Kier molecular flexibility index (Phi) is 8.79. The number of benzene rings is 2. The molecule has 5 heteroatoms. The van der Waals surface area contributed by atoms with Crippen LogP contribution in [-0.2, 0) is 14.3 Å². The van der Waals surface area contributed by atoms with Gasteiger partial charge in [0.25, 0.3) is 0 Å². The van der Waals surface area contributed by atoms with Gasteiger partial charge >= 0.3 is 5.97 Å². The fraction of sp³-hybridized carbons (Fsp3) is 0.261. The van der Waals surface area contributed by atoms with E-state index in [1.807, 2.05) is 48.7 Å². The van der Waals surface area contributed by atoms with Crippen LogP contribution in [0.3, 0.4) is 0 Å². The van der Waals surface area contributed by atoms with Gasteiger partial charge in [0, 0.05) is 30.8 Å². The summed E-state index contributed by atoms with van der Waals surface area (Å²) < 4.78 is 10.7. The lowest BCUT2D eigenvalue weighted by atomic mass is 9.99. The normalized spacial score (nSPS) is 13.7. The van der Waals surface area contributed by atoms with Crippen LogP contribution in [-0.4, -0.2) is 44.2 Å². The Morgan fingerprint density at radius 2 is 1.64 bits per heavy atom. The lowest BCUT2D eigenvalue weighted by Crippen LogP contribution is -2.34. The second kappa shape index (κ2) is 11.3. The van der Waals surface area contributed by atoms with Crippen LogP contribution in [0, 0.1) is 0 Å². The van der Waals surface area contributed by atoms with Crippen LogP contribution in [0.15, 0.2) is 78.6 Å². The minimum atomic E-state index is -0.240. The molecule has 148 valence electrons. The van der Waals surface area contributed by atoms with Gasteiger partial charge in [0.1, 0.15) is 6.61 Å². The van der Waals surface area contributed by atoms with Crippen molar-refractivity contribution in [1.82, 2.24) is 4.90 Å². The summed E-state index contributed by atoms with van der Waals surface area (Å²) in [6.45, 7) is 2.88. The molecule has 0 bridgehead atoms. The summed E-state index contributed by atoms with van der Waals surface area (Å²) in [7, 11) is 1.42. The molecule has 0 amide bonds. The van der Waals surface area contributed by atoms with Crippen LogP contribution in [0.2, 0.25) is 0 Å². The number of nitrogens with zero attached hydrogens (tertiary/aromatic N) is 1. The van der Waals surface area contributed by atoms with Crippen molar-refractivity contribution < 1.29 is 14.3 Å². The molecule has 0 saturated heterocycles. The van der Waals surface area contributed by atoms with Gasteiger partial charge in [-0.25, -0.2) is 4.79 Å². The van der Waals surface area contributed by atoms with Gasteiger partial charge < -0.3 is 9.47 Å². The fourth-order valence-corrected chi connectivity index (χ4v) is 3.14. The monoisotopic (exact) mass is 399 g/mol. The molecule has 0 radical (unpaired) electrons. The van der Waals surface area contributed by atoms with Crippen LogP contribution >= 0.6 is 12.4 Å². The molecule has 0 aromatic heterocycles. The largest absolute Gasteiger partial charge is 0.499 e. The van der Waals surface area contributed by atoms with Crippen molar-refractivity contribution in [1.29, 1.82) is 0 Å². The first-order chi connectivity index (χ1) is 13.3. The van der Waals surface area contributed by atoms with Crippen molar-refractivity contribution in [3.63, 3.8) is 0 Å². The molecule has 0 spiro atoms. The Morgan fingerprint density at radius 3 is 2.21 bits per heavy atom. The highest BCUT2D eigenvalue weighted by Gasteiger charge is 2.18. The van der Waals surface area contributed by atoms with E-state index in [2.05, 4.69) is 29.2 Å². The number of carbonyl (C=O) groups excluding carboxylic acids is 1. The third kappa shape index (κ3) is 5.98. The molecule has 0 aliphatic carbocycles. The molecule has 0 saturated carbocycles. The van der Waals surface area contributed by atoms with Crippen LogP contribution in [0.5, 0.6) is 0 Å². The number of rotatable bonds is 7. The van der Waals surface area contributed by atoms with Crippen molar-refractivity contribution in [2.24, 2.45) is 0 Å². The molecule has 1 heterocycles. The Hall–Kier alpha value is -2.56. The lowest BCUT2D eigenvalue weighted by Gasteiger charge is -2.25. The summed E-state index contributed by atoms with van der Waals surface area (Å²) in [4.78, 5) is 13.9. The van der Waals surface area contributed by atoms with Crippen molar-refractivity contribution in [3.05, 3.63) is 89.7 Å². The zero-order valence-corrected chi connectivity index (χ0v) is 16.9. The molecule has 0 fully saturated rings. The van der Waals surface area contributed by atoms with E-state index in [0.29, 0.717) is 13.2 Å². The molecule has 1 aliphatic rings. The molecule has 28 heavy (non-hydrogen) atoms. The van der Waals surface area contributed by atoms with Crippen LogP contribution in [0.1, 0.15) is 17.5 Å². The van der Waals surface area contributed by atoms with Crippen molar-refractivity contribution >= 4 is 23.9 Å². The minimum Gasteiger partial charge on any atom is -0.499 e. The molecule has 1 aliphatic heterocycles. The Balaban J connectivity index is 0.00000280. The second-order valence-electron chi connectivity index (χ2n) is 6.42. The Bertz CT molecular complexity index is 762. The van der Waals surface area contributed by atoms with Gasteiger partial charge in [-0.2, -0.15) is 0 Å². The SMILES string of the molecule is COC(=O)C1=CCCN(CCOC=C(c2ccccc2)c2ccccc2)C1.Cl. The zero-order chi connectivity index (χ0) is 18.9. The standard InChI is InChI=1S/C23H25NO3.ClH/c1-26-23(25)21-13-8-14-24(17-21)15-16-27-18-22(19-9-4-2-5-10-19)20-11-6-3-7-12-20;/h2-7,9-13,18H,8,14-17H2,1H3;1H. The number of halogens is 1. The number of carbonyl (C=O) groups is 1. The topological polar surface area (TPSA) is 38.8 Å². The predicted molar refractivity (Wildman–Crippen MR) is 114 cm³/mol. The number of esters is 1. The molecule has 2 aromatic rings. The Labute approximate surface area is 172 Å². The van der Waals surface area contributed by atoms with Gasteiger partial charge in [-0.15, -0.1) is 12.4 Å². The number of hydrogen-bond donors (Lipinski definition) is 0. The number of hydrogen-bond acceptors (Lipinski definition) is 4. The summed E-state index contributed by atoms with van der Waals surface area (Å²) in [5.41, 5.74) is 4.04. The Morgan fingerprint density at radius 1 is 1.04 bits per heavy atom. The first-order valence-electron chi connectivity index (χ1n) is 9.20. The van der Waals surface area contributed by atoms with Crippen LogP contribution in [0.25, 0.3) is 5.57 Å². The highest BCUT2D eigenvalue weighted by Crippen LogP contribution is 2.23. The van der Waals surface area contributed by atoms with E-state index < -0.39 is 0 Å². The van der Waals surface area contributed by atoms with E-state index in [1.54, 1.807) is 0 Å². The fourth-order valence-electron chi connectivity index (χ4n) is 3.14. The van der Waals surface area contributed by atoms with Gasteiger partial charge in [-0.3, -0.25) is 4.90 Å². The van der Waals surface area contributed by atoms with Gasteiger partial charge in [0.2, 0.25) is 0 Å². The van der Waals surface area contributed by atoms with Crippen LogP contribution < -0.4 is 0 Å². The van der Waals surface area contributed by atoms with E-state index >= 15 is 0 Å². The molecular weight excluding hydrogens is 374 g/mol. The average Bonchev–Trinajstić information content (AvgIpc) is 2.74. The minimum absolute atomic E-state index is 0. The third-order valence-electron chi connectivity index (χ3n) is 4.57. The summed E-state index contributed by atoms with van der Waals surface area (Å²) in [5.74, 6) is -0.240. The van der Waals surface area contributed by atoms with Crippen molar-refractivity contribution in [2.75, 3.05) is 33.4 Å². The zero-order valence-electron chi connectivity index (χ0n) is 16.0. The molecule has 3 rings (SSSR count). The summed E-state index contributed by atoms with van der Waals surface area (Å²) in [5, 5.41) is 0. The number of ether oxygens (including phenoxy) is 2. The molecule has 0 N–H and O–H groups in total. The van der Waals surface area contributed by atoms with Gasteiger partial charge in [0.15, 0.2) is 0 Å². The summed E-state index contributed by atoms with van der Waals surface area (Å²) >= 11 is 0. The summed E-state index contributed by atoms with van der Waals surface area (Å²) in [6, 6.07) is 20.5. The van der Waals surface area contributed by atoms with Gasteiger partial charge in [0.05, 0.1) is 13.4 Å². The average molecular weight is 400 g/mol. The smallest absolute Gasteiger partial charge is 0.334 e. The van der Waals surface area contributed by atoms with Crippen molar-refractivity contribution in [2.45, 2.75) is 6.42 Å². The van der Waals surface area contributed by atoms with Gasteiger partial charge in [-0.1, -0.05) is 66.7 Å². The molecule has 2 aromatic carbocycles. The lowest BCUT2D eigenvalue weighted by molar-refractivity contribution is -0.136. The van der Waals surface area contributed by atoms with E-state index in [0.717, 1.165) is 41.8 Å². The summed E-state index contributed by atoms with van der Waals surface area (Å²) in [6.07, 6.45) is 4.66. The molecule has 0 unspecified atom stereocenters. The predicted octanol–water partition coefficient (Wildman–Crippen LogP) is 4.32. The van der Waals surface area contributed by atoms with E-state index in [4.69, 9.17) is 9.47 Å². The second-order valence-corrected chi connectivity index (χ2v) is 6.42. The van der Waals surface area contributed by atoms with Crippen LogP contribution in [0.4, 0.5) is 0 Å². The maximum Gasteiger partial charge on any atom is 0.334 e. The highest BCUT2D eigenvalue weighted by molar-refractivity contribution is 5.89. The molecule has 4 nitrogen and oxygen atoms in total. The maximum absolute atomic E-state index is 11.7. The van der Waals surface area contributed by atoms with E-state index in [-0.39, 0.29) is 18.4 Å². The van der Waals surface area contributed by atoms with E-state index in [9.17, 15) is 4.79 Å². The first kappa shape index (κ1) is 21.7. The van der Waals surface area contributed by atoms with Crippen molar-refractivity contribution in [3.8, 4) is 0 Å². The quantitative estimate of drug-likeness (QED) is 0.395. The van der Waals surface area contributed by atoms with E-state index in [1.165, 1.54) is 7.11 Å². The highest BCUT2D eigenvalue weighted by atomic mass is 35.5. The van der Waals surface area contributed by atoms with Gasteiger partial charge in [-0.05, 0) is 17.5 Å². The third-order valence-corrected chi connectivity index (χ3v) is 4.57. The number of methoxy groups -OCH3 is 1. The molecular formula is C23H26ClNO3. The maximum atomic E-state index is 11.7.